The third-order valence-corrected chi connectivity index (χ3v) is 3.86. The fourth-order valence-corrected chi connectivity index (χ4v) is 2.83. The summed E-state index contributed by atoms with van der Waals surface area (Å²) in [6, 6.07) is 13.4. The van der Waals surface area contributed by atoms with Crippen molar-refractivity contribution in [1.82, 2.24) is 0 Å². The van der Waals surface area contributed by atoms with Gasteiger partial charge in [0.1, 0.15) is 5.75 Å². The zero-order valence-corrected chi connectivity index (χ0v) is 11.8. The van der Waals surface area contributed by atoms with Crippen molar-refractivity contribution in [1.29, 1.82) is 0 Å². The fraction of sp³-hybridized carbons (Fsp3) is 0.188. The number of hydrogen-bond acceptors (Lipinski definition) is 2. The number of hydrogen-bond donors (Lipinski definition) is 1. The van der Waals surface area contributed by atoms with Crippen LogP contribution in [-0.4, -0.2) is 13.0 Å². The van der Waals surface area contributed by atoms with Gasteiger partial charge < -0.3 is 10.1 Å². The van der Waals surface area contributed by atoms with Gasteiger partial charge in [-0.1, -0.05) is 35.9 Å². The minimum Gasteiger partial charge on any atom is -0.495 e. The first-order chi connectivity index (χ1) is 9.69. The molecular formula is C16H14ClNO2. The average molecular weight is 288 g/mol. The predicted octanol–water partition coefficient (Wildman–Crippen LogP) is 3.63. The van der Waals surface area contributed by atoms with E-state index in [9.17, 15) is 4.79 Å². The van der Waals surface area contributed by atoms with Gasteiger partial charge >= 0.3 is 0 Å². The van der Waals surface area contributed by atoms with Crippen LogP contribution in [0.1, 0.15) is 17.0 Å². The van der Waals surface area contributed by atoms with Crippen LogP contribution >= 0.6 is 11.6 Å². The molecule has 1 N–H and O–H groups in total. The molecule has 2 aromatic rings. The zero-order valence-electron chi connectivity index (χ0n) is 11.0. The lowest BCUT2D eigenvalue weighted by atomic mass is 9.93. The second-order valence-electron chi connectivity index (χ2n) is 4.80. The van der Waals surface area contributed by atoms with E-state index in [2.05, 4.69) is 5.32 Å². The maximum Gasteiger partial charge on any atom is 0.232 e. The minimum absolute atomic E-state index is 0.0399. The Morgan fingerprint density at radius 2 is 2.05 bits per heavy atom. The van der Waals surface area contributed by atoms with Crippen LogP contribution in [0.15, 0.2) is 42.5 Å². The van der Waals surface area contributed by atoms with Crippen LogP contribution in [0.2, 0.25) is 5.02 Å². The van der Waals surface area contributed by atoms with E-state index in [-0.39, 0.29) is 11.8 Å². The maximum atomic E-state index is 12.1. The van der Waals surface area contributed by atoms with E-state index in [0.29, 0.717) is 17.2 Å². The largest absolute Gasteiger partial charge is 0.495 e. The van der Waals surface area contributed by atoms with E-state index in [4.69, 9.17) is 16.3 Å². The van der Waals surface area contributed by atoms with Crippen molar-refractivity contribution in [2.75, 3.05) is 12.4 Å². The van der Waals surface area contributed by atoms with Gasteiger partial charge in [0.25, 0.3) is 0 Å². The van der Waals surface area contributed by atoms with Gasteiger partial charge in [-0.2, -0.15) is 0 Å². The van der Waals surface area contributed by atoms with Gasteiger partial charge in [0, 0.05) is 5.69 Å². The zero-order chi connectivity index (χ0) is 14.1. The Kier molecular flexibility index (Phi) is 3.36. The van der Waals surface area contributed by atoms with Crippen molar-refractivity contribution in [3.8, 4) is 5.75 Å². The van der Waals surface area contributed by atoms with Gasteiger partial charge in [0.2, 0.25) is 5.91 Å². The number of anilines is 1. The number of amides is 1. The molecule has 0 fully saturated rings. The summed E-state index contributed by atoms with van der Waals surface area (Å²) < 4.78 is 5.14. The van der Waals surface area contributed by atoms with E-state index < -0.39 is 0 Å². The fourth-order valence-electron chi connectivity index (χ4n) is 2.55. The number of para-hydroxylation sites is 1. The Labute approximate surface area is 122 Å². The SMILES string of the molecule is COc1ccc(CC2C(=O)Nc3ccccc32)cc1Cl. The quantitative estimate of drug-likeness (QED) is 0.936. The summed E-state index contributed by atoms with van der Waals surface area (Å²) >= 11 is 6.13. The van der Waals surface area contributed by atoms with Crippen LogP contribution in [0.4, 0.5) is 5.69 Å². The molecule has 0 spiro atoms. The molecule has 2 aromatic carbocycles. The number of halogens is 1. The highest BCUT2D eigenvalue weighted by Gasteiger charge is 2.30. The van der Waals surface area contributed by atoms with Crippen molar-refractivity contribution < 1.29 is 9.53 Å². The molecule has 0 saturated heterocycles. The van der Waals surface area contributed by atoms with E-state index in [1.165, 1.54) is 0 Å². The van der Waals surface area contributed by atoms with E-state index in [0.717, 1.165) is 16.8 Å². The number of carbonyl (C=O) groups excluding carboxylic acids is 1. The molecule has 0 aliphatic carbocycles. The molecule has 1 aliphatic rings. The van der Waals surface area contributed by atoms with Crippen LogP contribution in [0.25, 0.3) is 0 Å². The minimum atomic E-state index is -0.157. The van der Waals surface area contributed by atoms with E-state index in [1.54, 1.807) is 7.11 Å². The first kappa shape index (κ1) is 13.0. The Morgan fingerprint density at radius 3 is 2.80 bits per heavy atom. The number of methoxy groups -OCH3 is 1. The van der Waals surface area contributed by atoms with Gasteiger partial charge in [-0.3, -0.25) is 4.79 Å². The molecule has 0 bridgehead atoms. The Bertz CT molecular complexity index is 669. The van der Waals surface area contributed by atoms with Gasteiger partial charge in [0.05, 0.1) is 18.1 Å². The summed E-state index contributed by atoms with van der Waals surface area (Å²) in [5, 5.41) is 3.47. The average Bonchev–Trinajstić information content (AvgIpc) is 2.76. The molecule has 102 valence electrons. The van der Waals surface area contributed by atoms with Crippen molar-refractivity contribution in [3.05, 3.63) is 58.6 Å². The highest BCUT2D eigenvalue weighted by atomic mass is 35.5. The molecule has 0 aromatic heterocycles. The normalized spacial score (nSPS) is 16.7. The summed E-state index contributed by atoms with van der Waals surface area (Å²) in [6.07, 6.45) is 0.632. The molecule has 3 nitrogen and oxygen atoms in total. The van der Waals surface area contributed by atoms with E-state index >= 15 is 0 Å². The van der Waals surface area contributed by atoms with Gasteiger partial charge in [-0.25, -0.2) is 0 Å². The smallest absolute Gasteiger partial charge is 0.232 e. The standard InChI is InChI=1S/C16H14ClNO2/c1-20-15-7-6-10(9-13(15)17)8-12-11-4-2-3-5-14(11)18-16(12)19/h2-7,9,12H,8H2,1H3,(H,18,19). The third kappa shape index (κ3) is 2.25. The number of nitrogens with one attached hydrogen (secondary N) is 1. The summed E-state index contributed by atoms with van der Waals surface area (Å²) in [5.74, 6) is 0.528. The van der Waals surface area contributed by atoms with Crippen molar-refractivity contribution in [2.24, 2.45) is 0 Å². The number of benzene rings is 2. The molecule has 1 atom stereocenters. The first-order valence-corrected chi connectivity index (χ1v) is 6.79. The van der Waals surface area contributed by atoms with Crippen LogP contribution in [0.3, 0.4) is 0 Å². The second-order valence-corrected chi connectivity index (χ2v) is 5.21. The maximum absolute atomic E-state index is 12.1. The van der Waals surface area contributed by atoms with Gasteiger partial charge in [0.15, 0.2) is 0 Å². The Morgan fingerprint density at radius 1 is 1.25 bits per heavy atom. The molecule has 1 unspecified atom stereocenters. The topological polar surface area (TPSA) is 38.3 Å². The van der Waals surface area contributed by atoms with Crippen LogP contribution in [-0.2, 0) is 11.2 Å². The second kappa shape index (κ2) is 5.17. The van der Waals surface area contributed by atoms with Crippen LogP contribution < -0.4 is 10.1 Å². The Hall–Kier alpha value is -2.00. The van der Waals surface area contributed by atoms with E-state index in [1.807, 2.05) is 42.5 Å². The number of ether oxygens (including phenoxy) is 1. The molecule has 4 heteroatoms. The van der Waals surface area contributed by atoms with Gasteiger partial charge in [-0.15, -0.1) is 0 Å². The summed E-state index contributed by atoms with van der Waals surface area (Å²) in [7, 11) is 1.58. The van der Waals surface area contributed by atoms with Crippen LogP contribution in [0.5, 0.6) is 5.75 Å². The molecule has 1 heterocycles. The van der Waals surface area contributed by atoms with Crippen molar-refractivity contribution in [2.45, 2.75) is 12.3 Å². The summed E-state index contributed by atoms with van der Waals surface area (Å²) in [4.78, 5) is 12.1. The molecule has 1 aliphatic heterocycles. The number of fused-ring (bicyclic) bond motifs is 1. The summed E-state index contributed by atoms with van der Waals surface area (Å²) in [5.41, 5.74) is 2.97. The molecule has 3 rings (SSSR count). The lowest BCUT2D eigenvalue weighted by Gasteiger charge is -2.10. The monoisotopic (exact) mass is 287 g/mol. The summed E-state index contributed by atoms with van der Waals surface area (Å²) in [6.45, 7) is 0. The third-order valence-electron chi connectivity index (χ3n) is 3.57. The van der Waals surface area contributed by atoms with Crippen molar-refractivity contribution in [3.63, 3.8) is 0 Å². The Balaban J connectivity index is 1.88. The predicted molar refractivity (Wildman–Crippen MR) is 79.5 cm³/mol. The molecule has 0 saturated carbocycles. The molecular weight excluding hydrogens is 274 g/mol. The van der Waals surface area contributed by atoms with Crippen molar-refractivity contribution >= 4 is 23.2 Å². The van der Waals surface area contributed by atoms with Gasteiger partial charge in [-0.05, 0) is 35.7 Å². The highest BCUT2D eigenvalue weighted by Crippen LogP contribution is 2.35. The molecule has 1 amide bonds. The first-order valence-electron chi connectivity index (χ1n) is 6.41. The molecule has 0 radical (unpaired) electrons. The van der Waals surface area contributed by atoms with Crippen LogP contribution in [0, 0.1) is 0 Å². The molecule has 20 heavy (non-hydrogen) atoms. The highest BCUT2D eigenvalue weighted by molar-refractivity contribution is 6.32. The number of carbonyl (C=O) groups is 1. The lowest BCUT2D eigenvalue weighted by molar-refractivity contribution is -0.117. The lowest BCUT2D eigenvalue weighted by Crippen LogP contribution is -2.14. The number of rotatable bonds is 3.